The topological polar surface area (TPSA) is 90.9 Å². The van der Waals surface area contributed by atoms with Crippen LogP contribution in [0.3, 0.4) is 0 Å². The van der Waals surface area contributed by atoms with Crippen LogP contribution in [-0.2, 0) is 0 Å². The SMILES string of the molecule is CCCCOc1ccc(C(=O)NC(=S)Nc2ccc(Oc3ccnc4cc(OC)c(OC)cc34)cc2)cc1. The molecule has 2 N–H and O–H groups in total. The minimum Gasteiger partial charge on any atom is -0.494 e. The maximum absolute atomic E-state index is 12.5. The predicted octanol–water partition coefficient (Wildman–Crippen LogP) is 6.35. The van der Waals surface area contributed by atoms with Crippen molar-refractivity contribution in [2.45, 2.75) is 19.8 Å². The van der Waals surface area contributed by atoms with Gasteiger partial charge in [-0.15, -0.1) is 0 Å². The van der Waals surface area contributed by atoms with E-state index in [9.17, 15) is 4.79 Å². The van der Waals surface area contributed by atoms with Crippen LogP contribution in [0, 0.1) is 0 Å². The summed E-state index contributed by atoms with van der Waals surface area (Å²) in [4.78, 5) is 16.9. The summed E-state index contributed by atoms with van der Waals surface area (Å²) in [7, 11) is 3.16. The number of amides is 1. The molecule has 0 radical (unpaired) electrons. The minimum atomic E-state index is -0.306. The van der Waals surface area contributed by atoms with Gasteiger partial charge in [-0.2, -0.15) is 0 Å². The Morgan fingerprint density at radius 2 is 1.58 bits per heavy atom. The first-order valence-electron chi connectivity index (χ1n) is 12.1. The molecule has 0 aliphatic carbocycles. The van der Waals surface area contributed by atoms with Gasteiger partial charge in [-0.1, -0.05) is 13.3 Å². The van der Waals surface area contributed by atoms with Crippen LogP contribution in [0.4, 0.5) is 5.69 Å². The van der Waals surface area contributed by atoms with Gasteiger partial charge >= 0.3 is 0 Å². The second-order valence-electron chi connectivity index (χ2n) is 8.29. The van der Waals surface area contributed by atoms with E-state index in [4.69, 9.17) is 31.2 Å². The zero-order chi connectivity index (χ0) is 26.9. The number of thiocarbonyl (C=S) groups is 1. The smallest absolute Gasteiger partial charge is 0.257 e. The molecule has 0 saturated carbocycles. The van der Waals surface area contributed by atoms with Crippen LogP contribution < -0.4 is 29.6 Å². The van der Waals surface area contributed by atoms with Crippen molar-refractivity contribution in [3.8, 4) is 28.7 Å². The van der Waals surface area contributed by atoms with E-state index in [1.54, 1.807) is 68.9 Å². The summed E-state index contributed by atoms with van der Waals surface area (Å²) in [6.07, 6.45) is 3.72. The number of unbranched alkanes of at least 4 members (excludes halogenated alkanes) is 1. The van der Waals surface area contributed by atoms with Crippen LogP contribution in [0.5, 0.6) is 28.7 Å². The van der Waals surface area contributed by atoms with Gasteiger partial charge < -0.3 is 24.3 Å². The van der Waals surface area contributed by atoms with Gasteiger partial charge in [0.25, 0.3) is 5.91 Å². The quantitative estimate of drug-likeness (QED) is 0.181. The van der Waals surface area contributed by atoms with Crippen molar-refractivity contribution in [3.05, 3.63) is 78.5 Å². The molecule has 0 aliphatic rings. The number of benzene rings is 3. The normalized spacial score (nSPS) is 10.5. The molecule has 8 nitrogen and oxygen atoms in total. The molecule has 1 heterocycles. The zero-order valence-corrected chi connectivity index (χ0v) is 22.3. The Hall–Kier alpha value is -4.37. The summed E-state index contributed by atoms with van der Waals surface area (Å²) in [5.41, 5.74) is 1.91. The van der Waals surface area contributed by atoms with E-state index in [0.717, 1.165) is 29.5 Å². The van der Waals surface area contributed by atoms with E-state index in [1.165, 1.54) is 0 Å². The molecule has 1 aromatic heterocycles. The molecule has 0 fully saturated rings. The highest BCUT2D eigenvalue weighted by molar-refractivity contribution is 7.80. The van der Waals surface area contributed by atoms with Gasteiger partial charge in [0.1, 0.15) is 17.2 Å². The van der Waals surface area contributed by atoms with Crippen LogP contribution in [0.15, 0.2) is 72.9 Å². The second-order valence-corrected chi connectivity index (χ2v) is 8.70. The number of nitrogens with one attached hydrogen (secondary N) is 2. The highest BCUT2D eigenvalue weighted by atomic mass is 32.1. The third-order valence-corrected chi connectivity index (χ3v) is 5.86. The number of anilines is 1. The lowest BCUT2D eigenvalue weighted by molar-refractivity contribution is 0.0977. The van der Waals surface area contributed by atoms with Crippen molar-refractivity contribution >= 4 is 39.8 Å². The molecule has 0 unspecified atom stereocenters. The van der Waals surface area contributed by atoms with Gasteiger partial charge in [-0.25, -0.2) is 0 Å². The number of carbonyl (C=O) groups excluding carboxylic acids is 1. The Kier molecular flexibility index (Phi) is 8.94. The number of hydrogen-bond acceptors (Lipinski definition) is 7. The van der Waals surface area contributed by atoms with E-state index in [-0.39, 0.29) is 11.0 Å². The van der Waals surface area contributed by atoms with Crippen LogP contribution in [-0.4, -0.2) is 36.8 Å². The molecule has 0 saturated heterocycles. The Morgan fingerprint density at radius 1 is 0.895 bits per heavy atom. The van der Waals surface area contributed by atoms with Crippen molar-refractivity contribution in [1.29, 1.82) is 0 Å². The Labute approximate surface area is 226 Å². The first kappa shape index (κ1) is 26.7. The first-order chi connectivity index (χ1) is 18.5. The summed E-state index contributed by atoms with van der Waals surface area (Å²) in [5.74, 6) is 2.85. The Balaban J connectivity index is 1.36. The number of pyridine rings is 1. The molecule has 3 aromatic carbocycles. The number of nitrogens with zero attached hydrogens (tertiary/aromatic N) is 1. The maximum Gasteiger partial charge on any atom is 0.257 e. The molecule has 9 heteroatoms. The lowest BCUT2D eigenvalue weighted by atomic mass is 10.2. The lowest BCUT2D eigenvalue weighted by Gasteiger charge is -2.13. The lowest BCUT2D eigenvalue weighted by Crippen LogP contribution is -2.34. The predicted molar refractivity (Wildman–Crippen MR) is 152 cm³/mol. The van der Waals surface area contributed by atoms with E-state index in [1.807, 2.05) is 18.2 Å². The number of fused-ring (bicyclic) bond motifs is 1. The number of hydrogen-bond donors (Lipinski definition) is 2. The van der Waals surface area contributed by atoms with Crippen molar-refractivity contribution in [1.82, 2.24) is 10.3 Å². The molecule has 0 spiro atoms. The van der Waals surface area contributed by atoms with Gasteiger partial charge in [0.2, 0.25) is 0 Å². The summed E-state index contributed by atoms with van der Waals surface area (Å²) in [5, 5.41) is 6.68. The van der Waals surface area contributed by atoms with Crippen molar-refractivity contribution in [2.24, 2.45) is 0 Å². The average Bonchev–Trinajstić information content (AvgIpc) is 2.94. The van der Waals surface area contributed by atoms with Gasteiger partial charge in [-0.05, 0) is 79.3 Å². The molecule has 38 heavy (non-hydrogen) atoms. The molecular weight excluding hydrogens is 502 g/mol. The summed E-state index contributed by atoms with van der Waals surface area (Å²) < 4.78 is 22.5. The summed E-state index contributed by atoms with van der Waals surface area (Å²) >= 11 is 5.32. The van der Waals surface area contributed by atoms with Crippen LogP contribution in [0.1, 0.15) is 30.1 Å². The molecule has 4 aromatic rings. The Bertz CT molecular complexity index is 1410. The monoisotopic (exact) mass is 531 g/mol. The fourth-order valence-corrected chi connectivity index (χ4v) is 3.85. The van der Waals surface area contributed by atoms with Crippen molar-refractivity contribution in [2.75, 3.05) is 26.1 Å². The standard InChI is InChI=1S/C29H29N3O5S/c1-4-5-16-36-21-10-6-19(7-11-21)28(33)32-29(38)31-20-8-12-22(13-9-20)37-25-14-15-30-24-18-27(35-3)26(34-2)17-23(24)25/h6-15,17-18H,4-5,16H2,1-3H3,(H2,31,32,33,38). The van der Waals surface area contributed by atoms with E-state index >= 15 is 0 Å². The van der Waals surface area contributed by atoms with Crippen LogP contribution in [0.25, 0.3) is 10.9 Å². The number of carbonyl (C=O) groups is 1. The number of methoxy groups -OCH3 is 2. The number of aromatic nitrogens is 1. The van der Waals surface area contributed by atoms with E-state index in [0.29, 0.717) is 40.9 Å². The molecule has 196 valence electrons. The van der Waals surface area contributed by atoms with Crippen LogP contribution >= 0.6 is 12.2 Å². The van der Waals surface area contributed by atoms with Gasteiger partial charge in [0.15, 0.2) is 16.6 Å². The van der Waals surface area contributed by atoms with E-state index < -0.39 is 0 Å². The second kappa shape index (κ2) is 12.7. The highest BCUT2D eigenvalue weighted by Crippen LogP contribution is 2.37. The Morgan fingerprint density at radius 3 is 2.26 bits per heavy atom. The number of ether oxygens (including phenoxy) is 4. The zero-order valence-electron chi connectivity index (χ0n) is 21.4. The summed E-state index contributed by atoms with van der Waals surface area (Å²) in [6.45, 7) is 2.76. The van der Waals surface area contributed by atoms with Crippen molar-refractivity contribution < 1.29 is 23.7 Å². The van der Waals surface area contributed by atoms with Crippen molar-refractivity contribution in [3.63, 3.8) is 0 Å². The number of rotatable bonds is 10. The van der Waals surface area contributed by atoms with Crippen LogP contribution in [0.2, 0.25) is 0 Å². The van der Waals surface area contributed by atoms with Gasteiger partial charge in [0.05, 0.1) is 26.3 Å². The minimum absolute atomic E-state index is 0.188. The third-order valence-electron chi connectivity index (χ3n) is 5.66. The van der Waals surface area contributed by atoms with E-state index in [2.05, 4.69) is 22.5 Å². The third kappa shape index (κ3) is 6.68. The molecule has 0 atom stereocenters. The molecule has 0 aliphatic heterocycles. The molecule has 4 rings (SSSR count). The fraction of sp³-hybridized carbons (Fsp3) is 0.207. The fourth-order valence-electron chi connectivity index (χ4n) is 3.64. The van der Waals surface area contributed by atoms with Gasteiger partial charge in [-0.3, -0.25) is 15.1 Å². The molecular formula is C29H29N3O5S. The summed E-state index contributed by atoms with van der Waals surface area (Å²) in [6, 6.07) is 19.6. The first-order valence-corrected chi connectivity index (χ1v) is 12.6. The largest absolute Gasteiger partial charge is 0.494 e. The van der Waals surface area contributed by atoms with Gasteiger partial charge in [0, 0.05) is 28.9 Å². The molecule has 1 amide bonds. The highest BCUT2D eigenvalue weighted by Gasteiger charge is 2.12. The molecule has 0 bridgehead atoms. The average molecular weight is 532 g/mol. The maximum atomic E-state index is 12.5.